The summed E-state index contributed by atoms with van der Waals surface area (Å²) in [5, 5.41) is 2.03. The fraction of sp³-hybridized carbons (Fsp3) is 0.214. The second-order valence-corrected chi connectivity index (χ2v) is 3.91. The van der Waals surface area contributed by atoms with E-state index < -0.39 is 0 Å². The average molecular weight is 229 g/mol. The highest BCUT2D eigenvalue weighted by molar-refractivity contribution is 6.05. The van der Waals surface area contributed by atoms with Gasteiger partial charge in [0.2, 0.25) is 5.91 Å². The number of carbonyl (C=O) groups excluding carboxylic acids is 1. The van der Waals surface area contributed by atoms with Crippen molar-refractivity contribution >= 4 is 22.4 Å². The highest BCUT2D eigenvalue weighted by Gasteiger charge is 2.12. The van der Waals surface area contributed by atoms with Crippen molar-refractivity contribution in [3.63, 3.8) is 0 Å². The number of rotatable bonds is 2. The highest BCUT2D eigenvalue weighted by Crippen LogP contribution is 2.33. The van der Waals surface area contributed by atoms with Crippen LogP contribution in [-0.2, 0) is 4.79 Å². The van der Waals surface area contributed by atoms with Gasteiger partial charge in [0, 0.05) is 19.4 Å². The van der Waals surface area contributed by atoms with Crippen molar-refractivity contribution in [3.8, 4) is 5.75 Å². The molecule has 17 heavy (non-hydrogen) atoms. The number of nitrogens with zero attached hydrogens (tertiary/aromatic N) is 1. The van der Waals surface area contributed by atoms with E-state index in [4.69, 9.17) is 4.74 Å². The van der Waals surface area contributed by atoms with Crippen molar-refractivity contribution in [2.24, 2.45) is 0 Å². The van der Waals surface area contributed by atoms with Gasteiger partial charge in [0.25, 0.3) is 0 Å². The molecule has 3 heteroatoms. The molecule has 2 aromatic rings. The van der Waals surface area contributed by atoms with Crippen LogP contribution in [0.3, 0.4) is 0 Å². The Kier molecular flexibility index (Phi) is 3.00. The summed E-state index contributed by atoms with van der Waals surface area (Å²) in [4.78, 5) is 13.1. The first-order chi connectivity index (χ1) is 8.15. The highest BCUT2D eigenvalue weighted by atomic mass is 16.5. The van der Waals surface area contributed by atoms with Gasteiger partial charge in [-0.25, -0.2) is 0 Å². The molecule has 0 fully saturated rings. The monoisotopic (exact) mass is 229 g/mol. The van der Waals surface area contributed by atoms with Gasteiger partial charge in [0.1, 0.15) is 5.75 Å². The fourth-order valence-electron chi connectivity index (χ4n) is 1.91. The summed E-state index contributed by atoms with van der Waals surface area (Å²) in [5.41, 5.74) is 0.868. The van der Waals surface area contributed by atoms with E-state index in [0.29, 0.717) is 0 Å². The predicted molar refractivity (Wildman–Crippen MR) is 69.6 cm³/mol. The molecular formula is C14H15NO2. The molecule has 0 radical (unpaired) electrons. The molecule has 3 nitrogen and oxygen atoms in total. The van der Waals surface area contributed by atoms with E-state index in [9.17, 15) is 4.79 Å². The quantitative estimate of drug-likeness (QED) is 0.792. The van der Waals surface area contributed by atoms with Crippen LogP contribution in [0.15, 0.2) is 36.4 Å². The molecule has 0 unspecified atom stereocenters. The Bertz CT molecular complexity index is 558. The zero-order valence-electron chi connectivity index (χ0n) is 10.2. The van der Waals surface area contributed by atoms with E-state index in [-0.39, 0.29) is 5.91 Å². The van der Waals surface area contributed by atoms with Crippen LogP contribution >= 0.6 is 0 Å². The summed E-state index contributed by atoms with van der Waals surface area (Å²) < 4.78 is 5.36. The lowest BCUT2D eigenvalue weighted by Gasteiger charge is -2.18. The van der Waals surface area contributed by atoms with E-state index in [1.54, 1.807) is 26.0 Å². The minimum Gasteiger partial charge on any atom is -0.496 e. The van der Waals surface area contributed by atoms with E-state index in [1.165, 1.54) is 0 Å². The maximum absolute atomic E-state index is 11.5. The molecule has 0 saturated heterocycles. The van der Waals surface area contributed by atoms with Crippen LogP contribution in [0.25, 0.3) is 10.8 Å². The molecule has 2 aromatic carbocycles. The lowest BCUT2D eigenvalue weighted by Crippen LogP contribution is -2.23. The molecule has 88 valence electrons. The van der Waals surface area contributed by atoms with E-state index in [1.807, 2.05) is 36.4 Å². The normalized spacial score (nSPS) is 10.3. The van der Waals surface area contributed by atoms with Crippen LogP contribution in [0.2, 0.25) is 0 Å². The van der Waals surface area contributed by atoms with Gasteiger partial charge < -0.3 is 9.64 Å². The van der Waals surface area contributed by atoms with Gasteiger partial charge >= 0.3 is 0 Å². The minimum atomic E-state index is 0.00315. The Morgan fingerprint density at radius 1 is 1.18 bits per heavy atom. The Balaban J connectivity index is 2.75. The van der Waals surface area contributed by atoms with Gasteiger partial charge in [-0.1, -0.05) is 24.3 Å². The first-order valence-electron chi connectivity index (χ1n) is 5.45. The summed E-state index contributed by atoms with van der Waals surface area (Å²) >= 11 is 0. The molecule has 0 saturated carbocycles. The lowest BCUT2D eigenvalue weighted by molar-refractivity contribution is -0.116. The maximum atomic E-state index is 11.5. The van der Waals surface area contributed by atoms with Gasteiger partial charge in [0.05, 0.1) is 12.8 Å². The van der Waals surface area contributed by atoms with E-state index in [2.05, 4.69) is 0 Å². The van der Waals surface area contributed by atoms with Crippen molar-refractivity contribution < 1.29 is 9.53 Å². The third kappa shape index (κ3) is 1.96. The third-order valence-corrected chi connectivity index (χ3v) is 2.90. The van der Waals surface area contributed by atoms with Crippen LogP contribution in [0.1, 0.15) is 6.92 Å². The number of amides is 1. The smallest absolute Gasteiger partial charge is 0.223 e. The molecular weight excluding hydrogens is 214 g/mol. The van der Waals surface area contributed by atoms with Gasteiger partial charge in [-0.05, 0) is 17.5 Å². The lowest BCUT2D eigenvalue weighted by atomic mass is 10.1. The molecule has 0 aliphatic carbocycles. The van der Waals surface area contributed by atoms with Crippen LogP contribution in [0, 0.1) is 0 Å². The molecule has 0 atom stereocenters. The maximum Gasteiger partial charge on any atom is 0.223 e. The van der Waals surface area contributed by atoms with Crippen LogP contribution in [0.5, 0.6) is 5.75 Å². The molecule has 0 aliphatic heterocycles. The number of hydrogen-bond donors (Lipinski definition) is 0. The SMILES string of the molecule is COc1cccc2cccc(N(C)C(C)=O)c12. The van der Waals surface area contributed by atoms with E-state index in [0.717, 1.165) is 22.2 Å². The zero-order chi connectivity index (χ0) is 12.4. The standard InChI is InChI=1S/C14H15NO2/c1-10(16)15(2)12-8-4-6-11-7-5-9-13(17-3)14(11)12/h4-9H,1-3H3. The summed E-state index contributed by atoms with van der Waals surface area (Å²) in [6.45, 7) is 1.55. The number of hydrogen-bond acceptors (Lipinski definition) is 2. The van der Waals surface area contributed by atoms with Crippen molar-refractivity contribution in [1.82, 2.24) is 0 Å². The van der Waals surface area contributed by atoms with Gasteiger partial charge in [-0.2, -0.15) is 0 Å². The summed E-state index contributed by atoms with van der Waals surface area (Å²) in [7, 11) is 3.41. The van der Waals surface area contributed by atoms with E-state index >= 15 is 0 Å². The first-order valence-corrected chi connectivity index (χ1v) is 5.45. The Morgan fingerprint density at radius 2 is 1.82 bits per heavy atom. The topological polar surface area (TPSA) is 29.5 Å². The second-order valence-electron chi connectivity index (χ2n) is 3.91. The van der Waals surface area contributed by atoms with Gasteiger partial charge in [0.15, 0.2) is 0 Å². The molecule has 1 amide bonds. The number of carbonyl (C=O) groups is 1. The van der Waals surface area contributed by atoms with Crippen molar-refractivity contribution in [3.05, 3.63) is 36.4 Å². The molecule has 0 bridgehead atoms. The van der Waals surface area contributed by atoms with Crippen LogP contribution in [-0.4, -0.2) is 20.1 Å². The number of anilines is 1. The zero-order valence-corrected chi connectivity index (χ0v) is 10.2. The minimum absolute atomic E-state index is 0.00315. The van der Waals surface area contributed by atoms with Crippen molar-refractivity contribution in [2.45, 2.75) is 6.92 Å². The number of fused-ring (bicyclic) bond motifs is 1. The number of benzene rings is 2. The summed E-state index contributed by atoms with van der Waals surface area (Å²) in [6.07, 6.45) is 0. The molecule has 0 aromatic heterocycles. The summed E-state index contributed by atoms with van der Waals surface area (Å²) in [6, 6.07) is 11.7. The number of methoxy groups -OCH3 is 1. The van der Waals surface area contributed by atoms with Crippen molar-refractivity contribution in [1.29, 1.82) is 0 Å². The fourth-order valence-corrected chi connectivity index (χ4v) is 1.91. The molecule has 0 aliphatic rings. The first kappa shape index (κ1) is 11.5. The Morgan fingerprint density at radius 3 is 2.41 bits per heavy atom. The average Bonchev–Trinajstić information content (AvgIpc) is 2.36. The Labute approximate surface area is 101 Å². The Hall–Kier alpha value is -2.03. The van der Waals surface area contributed by atoms with Crippen molar-refractivity contribution in [2.75, 3.05) is 19.1 Å². The molecule has 0 spiro atoms. The second kappa shape index (κ2) is 4.45. The van der Waals surface area contributed by atoms with Crippen LogP contribution < -0.4 is 9.64 Å². The molecule has 0 heterocycles. The third-order valence-electron chi connectivity index (χ3n) is 2.90. The van der Waals surface area contributed by atoms with Gasteiger partial charge in [-0.3, -0.25) is 4.79 Å². The van der Waals surface area contributed by atoms with Crippen LogP contribution in [0.4, 0.5) is 5.69 Å². The van der Waals surface area contributed by atoms with Gasteiger partial charge in [-0.15, -0.1) is 0 Å². The predicted octanol–water partition coefficient (Wildman–Crippen LogP) is 2.83. The number of ether oxygens (including phenoxy) is 1. The largest absolute Gasteiger partial charge is 0.496 e. The molecule has 2 rings (SSSR count). The summed E-state index contributed by atoms with van der Waals surface area (Å²) in [5.74, 6) is 0.787. The molecule has 0 N–H and O–H groups in total.